The van der Waals surface area contributed by atoms with Crippen LogP contribution in [0.5, 0.6) is 0 Å². The van der Waals surface area contributed by atoms with Crippen molar-refractivity contribution >= 4 is 23.3 Å². The van der Waals surface area contributed by atoms with Crippen molar-refractivity contribution < 1.29 is 9.15 Å². The van der Waals surface area contributed by atoms with Crippen LogP contribution in [0.3, 0.4) is 0 Å². The van der Waals surface area contributed by atoms with Crippen LogP contribution in [0.4, 0.5) is 11.4 Å². The van der Waals surface area contributed by atoms with Crippen LogP contribution >= 0.6 is 0 Å². The van der Waals surface area contributed by atoms with Gasteiger partial charge in [-0.15, -0.1) is 0 Å². The zero-order valence-electron chi connectivity index (χ0n) is 17.3. The Kier molecular flexibility index (Phi) is 6.50. The molecule has 0 saturated carbocycles. The van der Waals surface area contributed by atoms with Gasteiger partial charge in [-0.1, -0.05) is 30.8 Å². The fourth-order valence-corrected chi connectivity index (χ4v) is 3.35. The maximum absolute atomic E-state index is 6.17. The Morgan fingerprint density at radius 2 is 1.77 bits per heavy atom. The molecule has 31 heavy (non-hydrogen) atoms. The van der Waals surface area contributed by atoms with Crippen LogP contribution in [0.15, 0.2) is 94.8 Å². The Hall–Kier alpha value is -3.77. The van der Waals surface area contributed by atoms with Crippen LogP contribution in [0.1, 0.15) is 5.56 Å². The van der Waals surface area contributed by atoms with E-state index in [2.05, 4.69) is 33.9 Å². The van der Waals surface area contributed by atoms with Gasteiger partial charge in [-0.2, -0.15) is 0 Å². The molecule has 3 aromatic rings. The molecule has 158 valence electrons. The SMILES string of the molecule is C=C(N=C/C=C(\N)c1ccc(-c2ccco2)cc1)Nc1ccc(N2CCOCC2)cc1. The van der Waals surface area contributed by atoms with E-state index in [1.54, 1.807) is 18.6 Å². The predicted octanol–water partition coefficient (Wildman–Crippen LogP) is 4.74. The van der Waals surface area contributed by atoms with Gasteiger partial charge in [0.25, 0.3) is 0 Å². The molecule has 0 radical (unpaired) electrons. The molecule has 1 fully saturated rings. The first-order valence-electron chi connectivity index (χ1n) is 10.2. The molecule has 2 heterocycles. The Bertz CT molecular complexity index is 1050. The number of hydrogen-bond acceptors (Lipinski definition) is 6. The van der Waals surface area contributed by atoms with E-state index in [0.29, 0.717) is 11.5 Å². The normalized spacial score (nSPS) is 14.7. The second-order valence-corrected chi connectivity index (χ2v) is 7.17. The second kappa shape index (κ2) is 9.82. The largest absolute Gasteiger partial charge is 0.464 e. The van der Waals surface area contributed by atoms with Gasteiger partial charge in [0, 0.05) is 41.9 Å². The second-order valence-electron chi connectivity index (χ2n) is 7.17. The summed E-state index contributed by atoms with van der Waals surface area (Å²) in [6.07, 6.45) is 5.07. The fourth-order valence-electron chi connectivity index (χ4n) is 3.35. The average Bonchev–Trinajstić information content (AvgIpc) is 3.35. The Balaban J connectivity index is 1.31. The molecule has 0 amide bonds. The molecule has 6 heteroatoms. The van der Waals surface area contributed by atoms with E-state index in [-0.39, 0.29) is 0 Å². The van der Waals surface area contributed by atoms with E-state index >= 15 is 0 Å². The van der Waals surface area contributed by atoms with Crippen LogP contribution in [-0.2, 0) is 4.74 Å². The quantitative estimate of drug-likeness (QED) is 0.546. The molecule has 0 bridgehead atoms. The maximum Gasteiger partial charge on any atom is 0.133 e. The first kappa shape index (κ1) is 20.5. The molecule has 3 N–H and O–H groups in total. The lowest BCUT2D eigenvalue weighted by atomic mass is 10.1. The number of nitrogens with one attached hydrogen (secondary N) is 1. The third kappa shape index (κ3) is 5.43. The van der Waals surface area contributed by atoms with Crippen molar-refractivity contribution in [3.8, 4) is 11.3 Å². The predicted molar refractivity (Wildman–Crippen MR) is 127 cm³/mol. The molecule has 1 saturated heterocycles. The van der Waals surface area contributed by atoms with Crippen molar-refractivity contribution in [1.29, 1.82) is 0 Å². The summed E-state index contributed by atoms with van der Waals surface area (Å²) in [7, 11) is 0. The third-order valence-electron chi connectivity index (χ3n) is 5.04. The minimum Gasteiger partial charge on any atom is -0.464 e. The summed E-state index contributed by atoms with van der Waals surface area (Å²) in [4.78, 5) is 6.64. The van der Waals surface area contributed by atoms with Gasteiger partial charge in [-0.05, 0) is 48.0 Å². The van der Waals surface area contributed by atoms with Gasteiger partial charge in [0.2, 0.25) is 0 Å². The summed E-state index contributed by atoms with van der Waals surface area (Å²) in [6, 6.07) is 19.9. The van der Waals surface area contributed by atoms with Gasteiger partial charge in [-0.25, -0.2) is 4.99 Å². The highest BCUT2D eigenvalue weighted by atomic mass is 16.5. The summed E-state index contributed by atoms with van der Waals surface area (Å²) in [6.45, 7) is 7.34. The third-order valence-corrected chi connectivity index (χ3v) is 5.04. The molecule has 1 aromatic heterocycles. The minimum absolute atomic E-state index is 0.538. The average molecular weight is 415 g/mol. The minimum atomic E-state index is 0.538. The molecule has 4 rings (SSSR count). The number of hydrogen-bond donors (Lipinski definition) is 2. The maximum atomic E-state index is 6.17. The fraction of sp³-hybridized carbons (Fsp3) is 0.160. The number of aliphatic imine (C=N–C) groups is 1. The Morgan fingerprint density at radius 3 is 2.45 bits per heavy atom. The van der Waals surface area contributed by atoms with E-state index < -0.39 is 0 Å². The molecule has 1 aliphatic heterocycles. The van der Waals surface area contributed by atoms with Crippen LogP contribution in [-0.4, -0.2) is 32.5 Å². The van der Waals surface area contributed by atoms with E-state index in [1.807, 2.05) is 48.5 Å². The monoisotopic (exact) mass is 414 g/mol. The number of rotatable bonds is 7. The number of nitrogens with two attached hydrogens (primary N) is 1. The standard InChI is InChI=1S/C25H26N4O2/c1-19(28-22-8-10-23(11-9-22)29-14-17-30-18-15-29)27-13-12-24(26)20-4-6-21(7-5-20)25-3-2-16-31-25/h2-13,16,28H,1,14-15,17-18,26H2/b24-12-,27-13?. The number of morpholine rings is 1. The number of allylic oxidation sites excluding steroid dienone is 1. The molecule has 0 unspecified atom stereocenters. The Labute approximate surface area is 182 Å². The number of benzene rings is 2. The molecular weight excluding hydrogens is 388 g/mol. The van der Waals surface area contributed by atoms with Gasteiger partial charge in [0.05, 0.1) is 19.5 Å². The highest BCUT2D eigenvalue weighted by molar-refractivity contribution is 5.84. The van der Waals surface area contributed by atoms with Crippen LogP contribution in [0, 0.1) is 0 Å². The van der Waals surface area contributed by atoms with E-state index in [0.717, 1.165) is 48.9 Å². The lowest BCUT2D eigenvalue weighted by Gasteiger charge is -2.28. The van der Waals surface area contributed by atoms with Crippen molar-refractivity contribution in [2.24, 2.45) is 10.7 Å². The Morgan fingerprint density at radius 1 is 1.03 bits per heavy atom. The molecule has 0 spiro atoms. The molecule has 1 aliphatic rings. The van der Waals surface area contributed by atoms with E-state index in [4.69, 9.17) is 14.9 Å². The van der Waals surface area contributed by atoms with Gasteiger partial charge in [0.15, 0.2) is 0 Å². The first-order chi connectivity index (χ1) is 15.2. The van der Waals surface area contributed by atoms with Crippen molar-refractivity contribution in [3.05, 3.63) is 91.0 Å². The van der Waals surface area contributed by atoms with Crippen LogP contribution in [0.25, 0.3) is 17.0 Å². The van der Waals surface area contributed by atoms with Gasteiger partial charge >= 0.3 is 0 Å². The van der Waals surface area contributed by atoms with E-state index in [1.165, 1.54) is 5.69 Å². The van der Waals surface area contributed by atoms with Crippen LogP contribution in [0.2, 0.25) is 0 Å². The summed E-state index contributed by atoms with van der Waals surface area (Å²) in [5.74, 6) is 1.37. The molecule has 0 atom stereocenters. The van der Waals surface area contributed by atoms with Crippen molar-refractivity contribution in [1.82, 2.24) is 0 Å². The number of furan rings is 1. The zero-order valence-corrected chi connectivity index (χ0v) is 17.3. The number of ether oxygens (including phenoxy) is 1. The van der Waals surface area contributed by atoms with Crippen molar-refractivity contribution in [3.63, 3.8) is 0 Å². The molecule has 0 aliphatic carbocycles. The smallest absolute Gasteiger partial charge is 0.133 e. The number of anilines is 2. The van der Waals surface area contributed by atoms with Gasteiger partial charge < -0.3 is 25.1 Å². The highest BCUT2D eigenvalue weighted by Crippen LogP contribution is 2.22. The lowest BCUT2D eigenvalue weighted by Crippen LogP contribution is -2.36. The molecule has 2 aromatic carbocycles. The van der Waals surface area contributed by atoms with Crippen molar-refractivity contribution in [2.45, 2.75) is 0 Å². The number of nitrogens with zero attached hydrogens (tertiary/aromatic N) is 2. The van der Waals surface area contributed by atoms with E-state index in [9.17, 15) is 0 Å². The molecule has 6 nitrogen and oxygen atoms in total. The highest BCUT2D eigenvalue weighted by Gasteiger charge is 2.10. The topological polar surface area (TPSA) is 76.0 Å². The summed E-state index contributed by atoms with van der Waals surface area (Å²) in [5, 5.41) is 3.19. The first-order valence-corrected chi connectivity index (χ1v) is 10.2. The van der Waals surface area contributed by atoms with Gasteiger partial charge in [-0.3, -0.25) is 0 Å². The molecular formula is C25H26N4O2. The van der Waals surface area contributed by atoms with Crippen LogP contribution < -0.4 is 16.0 Å². The summed E-state index contributed by atoms with van der Waals surface area (Å²) < 4.78 is 10.8. The zero-order chi connectivity index (χ0) is 21.5. The summed E-state index contributed by atoms with van der Waals surface area (Å²) >= 11 is 0. The van der Waals surface area contributed by atoms with Gasteiger partial charge in [0.1, 0.15) is 11.6 Å². The summed E-state index contributed by atoms with van der Waals surface area (Å²) in [5.41, 5.74) is 10.8. The van der Waals surface area contributed by atoms with Crippen molar-refractivity contribution in [2.75, 3.05) is 36.5 Å². The lowest BCUT2D eigenvalue weighted by molar-refractivity contribution is 0.122.